The zero-order valence-corrected chi connectivity index (χ0v) is 20.1. The van der Waals surface area contributed by atoms with Crippen molar-refractivity contribution in [2.45, 2.75) is 32.5 Å². The van der Waals surface area contributed by atoms with Crippen LogP contribution in [0.3, 0.4) is 0 Å². The van der Waals surface area contributed by atoms with Crippen molar-refractivity contribution in [2.24, 2.45) is 0 Å². The van der Waals surface area contributed by atoms with E-state index in [1.807, 2.05) is 0 Å². The van der Waals surface area contributed by atoms with E-state index in [2.05, 4.69) is 112 Å². The highest BCUT2D eigenvalue weighted by Gasteiger charge is 2.46. The summed E-state index contributed by atoms with van der Waals surface area (Å²) in [5.41, 5.74) is 5.92. The molecule has 0 bridgehead atoms. The van der Waals surface area contributed by atoms with Crippen molar-refractivity contribution in [3.63, 3.8) is 0 Å². The van der Waals surface area contributed by atoms with Gasteiger partial charge in [0.15, 0.2) is 0 Å². The lowest BCUT2D eigenvalue weighted by Crippen LogP contribution is -2.67. The summed E-state index contributed by atoms with van der Waals surface area (Å²) in [6.07, 6.45) is 1.19. The molecule has 1 aliphatic rings. The summed E-state index contributed by atoms with van der Waals surface area (Å²) in [6, 6.07) is 27.0. The lowest BCUT2D eigenvalue weighted by atomic mass is 10.1. The molecule has 0 saturated carbocycles. The highest BCUT2D eigenvalue weighted by atomic mass is 28.3. The Kier molecular flexibility index (Phi) is 5.96. The molecule has 156 valence electrons. The SMILES string of the molecule is Cc1ccc2c(c1)[Si](c1ccccc1CN(C)C)(c1ccccc1CN(C)C)CC2. The zero-order chi connectivity index (χ0) is 21.3. The van der Waals surface area contributed by atoms with Crippen molar-refractivity contribution >= 4 is 23.6 Å². The first-order valence-corrected chi connectivity index (χ1v) is 13.2. The minimum absolute atomic E-state index is 0.988. The molecule has 2 nitrogen and oxygen atoms in total. The smallest absolute Gasteiger partial charge is 0.149 e. The molecular weight excluding hydrogens is 380 g/mol. The maximum absolute atomic E-state index is 2.51. The van der Waals surface area contributed by atoms with Crippen LogP contribution in [0.25, 0.3) is 0 Å². The number of fused-ring (bicyclic) bond motifs is 1. The van der Waals surface area contributed by atoms with Crippen LogP contribution in [0, 0.1) is 6.92 Å². The number of hydrogen-bond donors (Lipinski definition) is 0. The molecule has 0 radical (unpaired) electrons. The van der Waals surface area contributed by atoms with Crippen molar-refractivity contribution in [3.05, 3.63) is 89.0 Å². The average Bonchev–Trinajstić information content (AvgIpc) is 3.07. The van der Waals surface area contributed by atoms with E-state index >= 15 is 0 Å². The van der Waals surface area contributed by atoms with E-state index in [4.69, 9.17) is 0 Å². The van der Waals surface area contributed by atoms with Crippen molar-refractivity contribution < 1.29 is 0 Å². The van der Waals surface area contributed by atoms with Gasteiger partial charge in [-0.3, -0.25) is 0 Å². The van der Waals surface area contributed by atoms with Crippen molar-refractivity contribution in [1.82, 2.24) is 9.80 Å². The van der Waals surface area contributed by atoms with Crippen LogP contribution in [-0.4, -0.2) is 46.1 Å². The Morgan fingerprint density at radius 3 is 1.77 bits per heavy atom. The monoisotopic (exact) mass is 414 g/mol. The fourth-order valence-corrected chi connectivity index (χ4v) is 11.0. The molecule has 0 N–H and O–H groups in total. The second-order valence-corrected chi connectivity index (χ2v) is 13.3. The van der Waals surface area contributed by atoms with Crippen molar-refractivity contribution in [3.8, 4) is 0 Å². The lowest BCUT2D eigenvalue weighted by molar-refractivity contribution is 0.403. The summed E-state index contributed by atoms with van der Waals surface area (Å²) < 4.78 is 0. The molecule has 0 aromatic heterocycles. The Morgan fingerprint density at radius 1 is 0.700 bits per heavy atom. The van der Waals surface area contributed by atoms with Gasteiger partial charge in [0.2, 0.25) is 0 Å². The van der Waals surface area contributed by atoms with E-state index in [-0.39, 0.29) is 0 Å². The van der Waals surface area contributed by atoms with Crippen LogP contribution in [0.2, 0.25) is 6.04 Å². The normalized spacial score (nSPS) is 15.0. The number of aryl methyl sites for hydroxylation is 2. The lowest BCUT2D eigenvalue weighted by Gasteiger charge is -2.34. The third-order valence-electron chi connectivity index (χ3n) is 6.42. The molecule has 0 fully saturated rings. The van der Waals surface area contributed by atoms with E-state index in [1.165, 1.54) is 29.2 Å². The fourth-order valence-electron chi connectivity index (χ4n) is 5.30. The van der Waals surface area contributed by atoms with Gasteiger partial charge in [-0.2, -0.15) is 0 Å². The van der Waals surface area contributed by atoms with Gasteiger partial charge in [0.1, 0.15) is 8.07 Å². The number of benzene rings is 3. The summed E-state index contributed by atoms with van der Waals surface area (Å²) in [4.78, 5) is 4.61. The molecular formula is C27H34N2Si. The van der Waals surface area contributed by atoms with Gasteiger partial charge in [-0.15, -0.1) is 0 Å². The average molecular weight is 415 g/mol. The van der Waals surface area contributed by atoms with Crippen LogP contribution in [0.5, 0.6) is 0 Å². The van der Waals surface area contributed by atoms with Gasteiger partial charge in [0.25, 0.3) is 0 Å². The summed E-state index contributed by atoms with van der Waals surface area (Å²) >= 11 is 0. The quantitative estimate of drug-likeness (QED) is 0.572. The third-order valence-corrected chi connectivity index (χ3v) is 11.6. The Labute approximate surface area is 183 Å². The molecule has 0 atom stereocenters. The number of nitrogens with zero attached hydrogens (tertiary/aromatic N) is 2. The largest absolute Gasteiger partial charge is 0.305 e. The molecule has 30 heavy (non-hydrogen) atoms. The minimum atomic E-state index is -2.11. The Hall–Kier alpha value is -2.20. The van der Waals surface area contributed by atoms with Crippen LogP contribution in [0.15, 0.2) is 66.7 Å². The summed E-state index contributed by atoms with van der Waals surface area (Å²) in [7, 11) is 6.60. The predicted molar refractivity (Wildman–Crippen MR) is 132 cm³/mol. The van der Waals surface area contributed by atoms with Gasteiger partial charge in [-0.05, 0) is 79.8 Å². The predicted octanol–water partition coefficient (Wildman–Crippen LogP) is 3.14. The van der Waals surface area contributed by atoms with Crippen LogP contribution < -0.4 is 15.6 Å². The molecule has 0 unspecified atom stereocenters. The molecule has 0 saturated heterocycles. The van der Waals surface area contributed by atoms with E-state index in [9.17, 15) is 0 Å². The van der Waals surface area contributed by atoms with Crippen LogP contribution in [-0.2, 0) is 19.5 Å². The minimum Gasteiger partial charge on any atom is -0.305 e. The van der Waals surface area contributed by atoms with Crippen molar-refractivity contribution in [1.29, 1.82) is 0 Å². The third kappa shape index (κ3) is 3.78. The second-order valence-electron chi connectivity index (χ2n) is 9.36. The van der Waals surface area contributed by atoms with E-state index < -0.39 is 8.07 Å². The second kappa shape index (κ2) is 8.50. The Morgan fingerprint density at radius 2 is 1.23 bits per heavy atom. The first kappa shape index (κ1) is 21.0. The van der Waals surface area contributed by atoms with Gasteiger partial charge in [0, 0.05) is 13.1 Å². The molecule has 0 amide bonds. The highest BCUT2D eigenvalue weighted by molar-refractivity contribution is 7.12. The van der Waals surface area contributed by atoms with Crippen LogP contribution in [0.1, 0.15) is 22.3 Å². The maximum Gasteiger partial charge on any atom is 0.149 e. The molecule has 1 heterocycles. The van der Waals surface area contributed by atoms with Crippen molar-refractivity contribution in [2.75, 3.05) is 28.2 Å². The van der Waals surface area contributed by atoms with E-state index in [1.54, 1.807) is 21.1 Å². The van der Waals surface area contributed by atoms with Crippen LogP contribution in [0.4, 0.5) is 0 Å². The Bertz CT molecular complexity index is 985. The first-order chi connectivity index (χ1) is 14.4. The van der Waals surface area contributed by atoms with Gasteiger partial charge < -0.3 is 9.80 Å². The zero-order valence-electron chi connectivity index (χ0n) is 19.1. The molecule has 1 aliphatic heterocycles. The maximum atomic E-state index is 2.51. The first-order valence-electron chi connectivity index (χ1n) is 11.0. The van der Waals surface area contributed by atoms with E-state index in [0.29, 0.717) is 0 Å². The standard InChI is InChI=1S/C27H34N2Si/c1-21-14-15-22-16-17-30(27(22)18-21,25-12-8-6-10-23(25)19-28(2)3)26-13-9-7-11-24(26)20-29(4)5/h6-15,18H,16-17,19-20H2,1-5H3. The summed E-state index contributed by atoms with van der Waals surface area (Å²) in [5, 5.41) is 4.85. The number of hydrogen-bond acceptors (Lipinski definition) is 2. The summed E-state index contributed by atoms with van der Waals surface area (Å²) in [6.45, 7) is 4.22. The summed E-state index contributed by atoms with van der Waals surface area (Å²) in [5.74, 6) is 0. The van der Waals surface area contributed by atoms with E-state index in [0.717, 1.165) is 13.1 Å². The molecule has 3 aromatic carbocycles. The molecule has 0 spiro atoms. The topological polar surface area (TPSA) is 6.48 Å². The fraction of sp³-hybridized carbons (Fsp3) is 0.333. The molecule has 3 heteroatoms. The van der Waals surface area contributed by atoms with Gasteiger partial charge >= 0.3 is 0 Å². The van der Waals surface area contributed by atoms with Gasteiger partial charge in [0.05, 0.1) is 0 Å². The Balaban J connectivity index is 2.03. The number of rotatable bonds is 6. The highest BCUT2D eigenvalue weighted by Crippen LogP contribution is 2.27. The van der Waals surface area contributed by atoms with Crippen LogP contribution >= 0.6 is 0 Å². The molecule has 3 aromatic rings. The molecule has 0 aliphatic carbocycles. The van der Waals surface area contributed by atoms with Gasteiger partial charge in [-0.1, -0.05) is 72.3 Å². The molecule has 4 rings (SSSR count). The van der Waals surface area contributed by atoms with Gasteiger partial charge in [-0.25, -0.2) is 0 Å².